The first-order valence-electron chi connectivity index (χ1n) is 13.8. The first-order valence-corrected chi connectivity index (χ1v) is 13.8. The molecule has 2 fully saturated rings. The van der Waals surface area contributed by atoms with Gasteiger partial charge in [-0.15, -0.1) is 0 Å². The monoisotopic (exact) mass is 502 g/mol. The van der Waals surface area contributed by atoms with Gasteiger partial charge in [-0.3, -0.25) is 9.68 Å². The van der Waals surface area contributed by atoms with Crippen molar-refractivity contribution in [2.45, 2.75) is 63.8 Å². The van der Waals surface area contributed by atoms with Gasteiger partial charge in [-0.25, -0.2) is 10.1 Å². The minimum absolute atomic E-state index is 0.334. The lowest BCUT2D eigenvalue weighted by atomic mass is 9.99. The van der Waals surface area contributed by atoms with Crippen molar-refractivity contribution < 1.29 is 9.68 Å². The molecular weight excluding hydrogens is 468 g/mol. The molecule has 8 rings (SSSR count). The molecule has 4 aromatic rings. The average molecular weight is 503 g/mol. The van der Waals surface area contributed by atoms with Crippen LogP contribution in [0.4, 0.5) is 11.4 Å². The molecule has 192 valence electrons. The molecule has 0 aromatic heterocycles. The Balaban J connectivity index is 0.000000127. The highest BCUT2D eigenvalue weighted by molar-refractivity contribution is 5.57. The summed E-state index contributed by atoms with van der Waals surface area (Å²) in [6.07, 6.45) is 4.90. The highest BCUT2D eigenvalue weighted by Gasteiger charge is 2.40. The minimum Gasteiger partial charge on any atom is -0.269 e. The number of hydroxylamine groups is 2. The molecule has 4 atom stereocenters. The highest BCUT2D eigenvalue weighted by atomic mass is 16.7. The molecule has 38 heavy (non-hydrogen) atoms. The van der Waals surface area contributed by atoms with Gasteiger partial charge in [0.1, 0.15) is 0 Å². The summed E-state index contributed by atoms with van der Waals surface area (Å²) in [6, 6.07) is 35.4. The van der Waals surface area contributed by atoms with E-state index >= 15 is 0 Å². The third kappa shape index (κ3) is 4.28. The van der Waals surface area contributed by atoms with Crippen LogP contribution in [0, 0.1) is 13.8 Å². The average Bonchev–Trinajstić information content (AvgIpc) is 3.47. The number of rotatable bonds is 2. The standard InChI is InChI=1S/2C17H17NO/c2*1-12-5-4-7-13(9-12)17-11-15-10-14-6-2-3-8-16(14)18(17)19-15/h2*2-9,15,17H,10-11H2,1H3/t2*15-,17+/m11/s1. The van der Waals surface area contributed by atoms with Crippen molar-refractivity contribution >= 4 is 11.4 Å². The van der Waals surface area contributed by atoms with Crippen LogP contribution in [0.3, 0.4) is 0 Å². The summed E-state index contributed by atoms with van der Waals surface area (Å²) in [6.45, 7) is 4.30. The molecule has 2 saturated heterocycles. The number of hydrogen-bond acceptors (Lipinski definition) is 4. The Bertz CT molecular complexity index is 1360. The molecule has 4 aromatic carbocycles. The number of benzene rings is 4. The summed E-state index contributed by atoms with van der Waals surface area (Å²) in [4.78, 5) is 12.1. The van der Waals surface area contributed by atoms with Crippen molar-refractivity contribution in [2.75, 3.05) is 10.1 Å². The summed E-state index contributed by atoms with van der Waals surface area (Å²) in [5.74, 6) is 0. The number of anilines is 2. The van der Waals surface area contributed by atoms with E-state index in [0.717, 1.165) is 25.7 Å². The van der Waals surface area contributed by atoms with E-state index < -0.39 is 0 Å². The van der Waals surface area contributed by atoms with E-state index in [-0.39, 0.29) is 0 Å². The van der Waals surface area contributed by atoms with E-state index in [1.54, 1.807) is 0 Å². The summed E-state index contributed by atoms with van der Waals surface area (Å²) in [7, 11) is 0. The second-order valence-corrected chi connectivity index (χ2v) is 11.1. The van der Waals surface area contributed by atoms with Gasteiger partial charge in [0.25, 0.3) is 0 Å². The summed E-state index contributed by atoms with van der Waals surface area (Å²) in [5, 5.41) is 4.25. The number of fused-ring (bicyclic) bond motifs is 8. The summed E-state index contributed by atoms with van der Waals surface area (Å²) >= 11 is 0. The molecule has 0 radical (unpaired) electrons. The van der Waals surface area contributed by atoms with Gasteiger partial charge in [-0.1, -0.05) is 96.1 Å². The minimum atomic E-state index is 0.334. The van der Waals surface area contributed by atoms with Crippen LogP contribution in [-0.2, 0) is 22.5 Å². The topological polar surface area (TPSA) is 24.9 Å². The zero-order valence-corrected chi connectivity index (χ0v) is 22.1. The van der Waals surface area contributed by atoms with Gasteiger partial charge >= 0.3 is 0 Å². The Morgan fingerprint density at radius 1 is 0.553 bits per heavy atom. The van der Waals surface area contributed by atoms with E-state index in [9.17, 15) is 0 Å². The molecule has 4 heteroatoms. The van der Waals surface area contributed by atoms with Gasteiger partial charge < -0.3 is 0 Å². The van der Waals surface area contributed by atoms with Crippen molar-refractivity contribution in [1.82, 2.24) is 0 Å². The molecule has 4 aliphatic rings. The van der Waals surface area contributed by atoms with Gasteiger partial charge in [-0.05, 0) is 48.2 Å². The van der Waals surface area contributed by atoms with Crippen LogP contribution in [0.2, 0.25) is 0 Å². The van der Waals surface area contributed by atoms with E-state index in [2.05, 4.69) is 121 Å². The molecule has 0 N–H and O–H groups in total. The molecule has 4 aliphatic heterocycles. The maximum Gasteiger partial charge on any atom is 0.0921 e. The van der Waals surface area contributed by atoms with Crippen LogP contribution in [0.1, 0.15) is 58.3 Å². The predicted octanol–water partition coefficient (Wildman–Crippen LogP) is 7.61. The normalized spacial score (nSPS) is 24.4. The fourth-order valence-electron chi connectivity index (χ4n) is 6.52. The largest absolute Gasteiger partial charge is 0.269 e. The third-order valence-corrected chi connectivity index (χ3v) is 8.27. The zero-order valence-electron chi connectivity index (χ0n) is 22.1. The lowest BCUT2D eigenvalue weighted by Gasteiger charge is -2.30. The van der Waals surface area contributed by atoms with Crippen molar-refractivity contribution in [1.29, 1.82) is 0 Å². The summed E-state index contributed by atoms with van der Waals surface area (Å²) < 4.78 is 0. The van der Waals surface area contributed by atoms with E-state index in [1.165, 1.54) is 44.8 Å². The Morgan fingerprint density at radius 2 is 1.00 bits per heavy atom. The van der Waals surface area contributed by atoms with Crippen LogP contribution >= 0.6 is 0 Å². The number of nitrogens with zero attached hydrogens (tertiary/aromatic N) is 2. The second kappa shape index (κ2) is 9.61. The molecule has 0 aliphatic carbocycles. The van der Waals surface area contributed by atoms with E-state index in [0.29, 0.717) is 24.3 Å². The molecular formula is C34H34N2O2. The second-order valence-electron chi connectivity index (χ2n) is 11.1. The van der Waals surface area contributed by atoms with Crippen LogP contribution in [0.5, 0.6) is 0 Å². The van der Waals surface area contributed by atoms with Crippen LogP contribution in [0.15, 0.2) is 97.1 Å². The molecule has 0 amide bonds. The van der Waals surface area contributed by atoms with Crippen LogP contribution < -0.4 is 10.1 Å². The van der Waals surface area contributed by atoms with Crippen molar-refractivity contribution in [3.63, 3.8) is 0 Å². The smallest absolute Gasteiger partial charge is 0.0921 e. The predicted molar refractivity (Wildman–Crippen MR) is 152 cm³/mol. The molecule has 4 heterocycles. The Hall–Kier alpha value is -3.60. The quantitative estimate of drug-likeness (QED) is 0.282. The van der Waals surface area contributed by atoms with Gasteiger partial charge in [0, 0.05) is 25.7 Å². The number of para-hydroxylation sites is 2. The van der Waals surface area contributed by atoms with Gasteiger partial charge in [-0.2, -0.15) is 0 Å². The first kappa shape index (κ1) is 23.5. The molecule has 0 spiro atoms. The lowest BCUT2D eigenvalue weighted by Crippen LogP contribution is -2.27. The Kier molecular flexibility index (Phi) is 5.95. The Morgan fingerprint density at radius 3 is 1.45 bits per heavy atom. The van der Waals surface area contributed by atoms with Gasteiger partial charge in [0.2, 0.25) is 0 Å². The van der Waals surface area contributed by atoms with E-state index in [4.69, 9.17) is 9.68 Å². The number of hydrogen-bond donors (Lipinski definition) is 0. The summed E-state index contributed by atoms with van der Waals surface area (Å²) in [5.41, 5.74) is 10.6. The maximum atomic E-state index is 6.06. The van der Waals surface area contributed by atoms with Crippen molar-refractivity contribution in [3.05, 3.63) is 130 Å². The van der Waals surface area contributed by atoms with Crippen molar-refractivity contribution in [2.24, 2.45) is 0 Å². The van der Waals surface area contributed by atoms with Crippen LogP contribution in [0.25, 0.3) is 0 Å². The van der Waals surface area contributed by atoms with Gasteiger partial charge in [0.15, 0.2) is 0 Å². The maximum absolute atomic E-state index is 6.06. The molecule has 4 bridgehead atoms. The molecule has 4 nitrogen and oxygen atoms in total. The fraction of sp³-hybridized carbons (Fsp3) is 0.294. The van der Waals surface area contributed by atoms with Gasteiger partial charge in [0.05, 0.1) is 35.7 Å². The SMILES string of the molecule is Cc1cccc([C@@H]2C[C@H]3Cc4ccccc4N2O3)c1.Cc1cccc([C@@H]2C[C@H]3Cc4ccccc4N2O3)c1. The van der Waals surface area contributed by atoms with Crippen LogP contribution in [-0.4, -0.2) is 12.2 Å². The highest BCUT2D eigenvalue weighted by Crippen LogP contribution is 2.46. The van der Waals surface area contributed by atoms with Crippen molar-refractivity contribution in [3.8, 4) is 0 Å². The zero-order chi connectivity index (χ0) is 25.6. The Labute approximate surface area is 225 Å². The fourth-order valence-corrected chi connectivity index (χ4v) is 6.52. The third-order valence-electron chi connectivity index (χ3n) is 8.27. The first-order chi connectivity index (χ1) is 18.6. The lowest BCUT2D eigenvalue weighted by molar-refractivity contribution is 0.0732. The molecule has 0 saturated carbocycles. The molecule has 0 unspecified atom stereocenters. The van der Waals surface area contributed by atoms with E-state index in [1.807, 2.05) is 0 Å². The number of aryl methyl sites for hydroxylation is 2.